The number of hydrogen-bond donors (Lipinski definition) is 0. The molecule has 0 spiro atoms. The van der Waals surface area contributed by atoms with Gasteiger partial charge < -0.3 is 0 Å². The molecular weight excluding hydrogens is 267 g/mol. The summed E-state index contributed by atoms with van der Waals surface area (Å²) in [6.07, 6.45) is 3.46. The van der Waals surface area contributed by atoms with E-state index in [0.29, 0.717) is 13.0 Å². The van der Waals surface area contributed by atoms with Gasteiger partial charge in [-0.2, -0.15) is 5.10 Å². The van der Waals surface area contributed by atoms with Crippen LogP contribution in [0.3, 0.4) is 0 Å². The molecule has 2 rings (SSSR count). The molecule has 108 valence electrons. The van der Waals surface area contributed by atoms with Crippen molar-refractivity contribution in [1.29, 1.82) is 0 Å². The normalized spacial score (nSPS) is 12.9. The Balaban J connectivity index is 2.24. The fourth-order valence-electron chi connectivity index (χ4n) is 2.34. The summed E-state index contributed by atoms with van der Waals surface area (Å²) in [5, 5.41) is 3.96. The maximum Gasteiger partial charge on any atom is 0.137 e. The van der Waals surface area contributed by atoms with Crippen LogP contribution in [0.5, 0.6) is 0 Å². The molecule has 0 aliphatic heterocycles. The molecule has 0 unspecified atom stereocenters. The van der Waals surface area contributed by atoms with E-state index in [1.54, 1.807) is 11.0 Å². The van der Waals surface area contributed by atoms with Gasteiger partial charge in [-0.25, -0.2) is 18.2 Å². The molecule has 0 radical (unpaired) electrons. The lowest BCUT2D eigenvalue weighted by molar-refractivity contribution is 0.392. The van der Waals surface area contributed by atoms with E-state index in [2.05, 4.69) is 10.1 Å². The van der Waals surface area contributed by atoms with E-state index in [-0.39, 0.29) is 17.4 Å². The Morgan fingerprint density at radius 2 is 1.80 bits per heavy atom. The van der Waals surface area contributed by atoms with E-state index in [4.69, 9.17) is 0 Å². The van der Waals surface area contributed by atoms with Crippen LogP contribution in [0.1, 0.15) is 31.7 Å². The Morgan fingerprint density at radius 3 is 2.30 bits per heavy atom. The molecule has 3 nitrogen and oxygen atoms in total. The van der Waals surface area contributed by atoms with E-state index in [1.807, 2.05) is 13.8 Å². The van der Waals surface area contributed by atoms with E-state index in [0.717, 1.165) is 12.1 Å². The lowest BCUT2D eigenvalue weighted by Gasteiger charge is -2.22. The number of hydrogen-bond acceptors (Lipinski definition) is 2. The highest BCUT2D eigenvalue weighted by molar-refractivity contribution is 5.25. The van der Waals surface area contributed by atoms with Crippen molar-refractivity contribution in [2.75, 3.05) is 0 Å². The largest absolute Gasteiger partial charge is 0.253 e. The Hall–Kier alpha value is -1.85. The minimum Gasteiger partial charge on any atom is -0.253 e. The van der Waals surface area contributed by atoms with Gasteiger partial charge in [-0.05, 0) is 18.3 Å². The highest BCUT2D eigenvalue weighted by Crippen LogP contribution is 2.32. The number of rotatable bonds is 5. The molecule has 0 aliphatic rings. The zero-order valence-electron chi connectivity index (χ0n) is 11.4. The molecule has 0 amide bonds. The second kappa shape index (κ2) is 6.07. The molecule has 2 aromatic rings. The topological polar surface area (TPSA) is 30.7 Å². The number of benzene rings is 1. The Morgan fingerprint density at radius 1 is 1.15 bits per heavy atom. The SMILES string of the molecule is CC(C)[C@H](CCn1cncn1)c1c(F)cc(F)cc1F. The summed E-state index contributed by atoms with van der Waals surface area (Å²) in [4.78, 5) is 3.82. The van der Waals surface area contributed by atoms with Crippen LogP contribution in [0, 0.1) is 23.4 Å². The first-order chi connectivity index (χ1) is 9.49. The first-order valence-electron chi connectivity index (χ1n) is 6.46. The molecule has 0 saturated carbocycles. The van der Waals surface area contributed by atoms with Gasteiger partial charge in [0.2, 0.25) is 0 Å². The Bertz CT molecular complexity index is 544. The number of aromatic nitrogens is 3. The van der Waals surface area contributed by atoms with Crippen LogP contribution in [0.15, 0.2) is 24.8 Å². The fourth-order valence-corrected chi connectivity index (χ4v) is 2.34. The van der Waals surface area contributed by atoms with Gasteiger partial charge in [-0.3, -0.25) is 4.68 Å². The molecule has 1 aromatic carbocycles. The summed E-state index contributed by atoms with van der Waals surface area (Å²) in [5.41, 5.74) is -0.0542. The van der Waals surface area contributed by atoms with Crippen LogP contribution in [0.2, 0.25) is 0 Å². The van der Waals surface area contributed by atoms with Crippen LogP contribution in [-0.2, 0) is 6.54 Å². The van der Waals surface area contributed by atoms with Crippen molar-refractivity contribution in [2.24, 2.45) is 5.92 Å². The minimum atomic E-state index is -0.900. The predicted molar refractivity (Wildman–Crippen MR) is 68.5 cm³/mol. The van der Waals surface area contributed by atoms with Gasteiger partial charge in [-0.15, -0.1) is 0 Å². The summed E-state index contributed by atoms with van der Waals surface area (Å²) in [5.74, 6) is -2.89. The average molecular weight is 283 g/mol. The van der Waals surface area contributed by atoms with Gasteiger partial charge in [0.15, 0.2) is 0 Å². The minimum absolute atomic E-state index is 0.0213. The Kier molecular flexibility index (Phi) is 4.42. The second-order valence-corrected chi connectivity index (χ2v) is 5.08. The third-order valence-corrected chi connectivity index (χ3v) is 3.36. The first kappa shape index (κ1) is 14.6. The van der Waals surface area contributed by atoms with Crippen LogP contribution < -0.4 is 0 Å². The average Bonchev–Trinajstić information content (AvgIpc) is 2.84. The lowest BCUT2D eigenvalue weighted by Crippen LogP contribution is -2.14. The molecule has 6 heteroatoms. The number of halogens is 3. The van der Waals surface area contributed by atoms with Crippen molar-refractivity contribution in [1.82, 2.24) is 14.8 Å². The first-order valence-corrected chi connectivity index (χ1v) is 6.46. The molecule has 0 bridgehead atoms. The third-order valence-electron chi connectivity index (χ3n) is 3.36. The van der Waals surface area contributed by atoms with Crippen molar-refractivity contribution < 1.29 is 13.2 Å². The lowest BCUT2D eigenvalue weighted by atomic mass is 9.85. The van der Waals surface area contributed by atoms with Crippen molar-refractivity contribution in [3.8, 4) is 0 Å². The Labute approximate surface area is 115 Å². The summed E-state index contributed by atoms with van der Waals surface area (Å²) in [6.45, 7) is 4.27. The summed E-state index contributed by atoms with van der Waals surface area (Å²) in [6, 6.07) is 1.45. The molecule has 0 aliphatic carbocycles. The molecular formula is C14H16F3N3. The van der Waals surface area contributed by atoms with Crippen LogP contribution >= 0.6 is 0 Å². The van der Waals surface area contributed by atoms with Gasteiger partial charge in [0, 0.05) is 24.2 Å². The molecule has 0 fully saturated rings. The summed E-state index contributed by atoms with van der Waals surface area (Å²) >= 11 is 0. The van der Waals surface area contributed by atoms with E-state index in [1.165, 1.54) is 6.33 Å². The summed E-state index contributed by atoms with van der Waals surface area (Å²) < 4.78 is 42.3. The van der Waals surface area contributed by atoms with E-state index >= 15 is 0 Å². The van der Waals surface area contributed by atoms with Gasteiger partial charge in [-0.1, -0.05) is 13.8 Å². The molecule has 1 atom stereocenters. The van der Waals surface area contributed by atoms with Crippen molar-refractivity contribution in [2.45, 2.75) is 32.7 Å². The highest BCUT2D eigenvalue weighted by Gasteiger charge is 2.24. The van der Waals surface area contributed by atoms with Crippen molar-refractivity contribution in [3.05, 3.63) is 47.8 Å². The van der Waals surface area contributed by atoms with Crippen LogP contribution in [0.25, 0.3) is 0 Å². The standard InChI is InChI=1S/C14H16F3N3/c1-9(2)11(3-4-20-8-18-7-19-20)14-12(16)5-10(15)6-13(14)17/h5-9,11H,3-4H2,1-2H3/t11-/m0/s1. The molecule has 0 saturated heterocycles. The quantitative estimate of drug-likeness (QED) is 0.840. The van der Waals surface area contributed by atoms with Gasteiger partial charge in [0.1, 0.15) is 30.1 Å². The fraction of sp³-hybridized carbons (Fsp3) is 0.429. The smallest absolute Gasteiger partial charge is 0.137 e. The summed E-state index contributed by atoms with van der Waals surface area (Å²) in [7, 11) is 0. The van der Waals surface area contributed by atoms with Gasteiger partial charge >= 0.3 is 0 Å². The predicted octanol–water partition coefficient (Wildman–Crippen LogP) is 3.53. The maximum absolute atomic E-state index is 13.9. The maximum atomic E-state index is 13.9. The van der Waals surface area contributed by atoms with Gasteiger partial charge in [0.25, 0.3) is 0 Å². The zero-order valence-corrected chi connectivity index (χ0v) is 11.4. The highest BCUT2D eigenvalue weighted by atomic mass is 19.1. The second-order valence-electron chi connectivity index (χ2n) is 5.08. The van der Waals surface area contributed by atoms with Crippen molar-refractivity contribution >= 4 is 0 Å². The van der Waals surface area contributed by atoms with Crippen LogP contribution in [-0.4, -0.2) is 14.8 Å². The van der Waals surface area contributed by atoms with E-state index in [9.17, 15) is 13.2 Å². The van der Waals surface area contributed by atoms with Crippen LogP contribution in [0.4, 0.5) is 13.2 Å². The monoisotopic (exact) mass is 283 g/mol. The zero-order chi connectivity index (χ0) is 14.7. The molecule has 20 heavy (non-hydrogen) atoms. The number of nitrogens with zero attached hydrogens (tertiary/aromatic N) is 3. The van der Waals surface area contributed by atoms with Crippen molar-refractivity contribution in [3.63, 3.8) is 0 Å². The molecule has 1 heterocycles. The molecule has 1 aromatic heterocycles. The molecule has 0 N–H and O–H groups in total. The third kappa shape index (κ3) is 3.18. The van der Waals surface area contributed by atoms with Gasteiger partial charge in [0.05, 0.1) is 0 Å². The number of aryl methyl sites for hydroxylation is 1. The van der Waals surface area contributed by atoms with E-state index < -0.39 is 17.5 Å².